The maximum Gasteiger partial charge on any atom is 0.158 e. The summed E-state index contributed by atoms with van der Waals surface area (Å²) in [6.07, 6.45) is 6.63. The van der Waals surface area contributed by atoms with Gasteiger partial charge in [0, 0.05) is 42.5 Å². The minimum Gasteiger partial charge on any atom is -0.369 e. The Hall–Kier alpha value is -3.67. The number of para-hydroxylation sites is 1. The first-order valence-corrected chi connectivity index (χ1v) is 9.42. The number of imidazole rings is 1. The maximum atomic E-state index is 4.85. The van der Waals surface area contributed by atoms with Gasteiger partial charge in [0.25, 0.3) is 0 Å². The maximum absolute atomic E-state index is 4.85. The number of rotatable bonds is 6. The second-order valence-electron chi connectivity index (χ2n) is 6.72. The van der Waals surface area contributed by atoms with E-state index in [2.05, 4.69) is 39.1 Å². The summed E-state index contributed by atoms with van der Waals surface area (Å²) in [4.78, 5) is 8.94. The number of fused-ring (bicyclic) bond motifs is 3. The van der Waals surface area contributed by atoms with E-state index in [1.54, 1.807) is 6.20 Å². The van der Waals surface area contributed by atoms with E-state index >= 15 is 0 Å². The van der Waals surface area contributed by atoms with Crippen molar-refractivity contribution in [3.8, 4) is 11.3 Å². The first kappa shape index (κ1) is 16.5. The molecule has 0 unspecified atom stereocenters. The van der Waals surface area contributed by atoms with Gasteiger partial charge in [-0.1, -0.05) is 42.5 Å². The molecule has 5 aromatic rings. The quantitative estimate of drug-likeness (QED) is 0.455. The van der Waals surface area contributed by atoms with Gasteiger partial charge in [-0.05, 0) is 18.6 Å². The Kier molecular flexibility index (Phi) is 4.21. The van der Waals surface area contributed by atoms with E-state index in [0.29, 0.717) is 0 Å². The molecule has 0 radical (unpaired) electrons. The van der Waals surface area contributed by atoms with Crippen molar-refractivity contribution in [2.45, 2.75) is 13.0 Å². The summed E-state index contributed by atoms with van der Waals surface area (Å²) in [7, 11) is 0. The molecular weight excluding hydrogens is 348 g/mol. The molecule has 0 saturated carbocycles. The van der Waals surface area contributed by atoms with Crippen molar-refractivity contribution in [1.82, 2.24) is 24.1 Å². The summed E-state index contributed by atoms with van der Waals surface area (Å²) in [6, 6.07) is 20.5. The van der Waals surface area contributed by atoms with Crippen molar-refractivity contribution < 1.29 is 0 Å². The first-order valence-electron chi connectivity index (χ1n) is 9.42. The lowest BCUT2D eigenvalue weighted by molar-refractivity contribution is 0.660. The molecule has 3 heterocycles. The largest absolute Gasteiger partial charge is 0.369 e. The van der Waals surface area contributed by atoms with Gasteiger partial charge in [0.1, 0.15) is 5.82 Å². The van der Waals surface area contributed by atoms with Gasteiger partial charge in [0.05, 0.1) is 17.5 Å². The van der Waals surface area contributed by atoms with Gasteiger partial charge >= 0.3 is 0 Å². The van der Waals surface area contributed by atoms with Gasteiger partial charge < -0.3 is 9.88 Å². The van der Waals surface area contributed by atoms with Crippen LogP contribution in [-0.2, 0) is 6.54 Å². The standard InChI is InChI=1S/C22H20N6/c1-2-7-17(8-3-1)19-15-21-25-22(24-11-6-13-27-14-12-23-16-27)18-9-4-5-10-20(18)28(21)26-19/h1-5,7-10,12,14-16H,6,11,13H2,(H,24,25). The summed E-state index contributed by atoms with van der Waals surface area (Å²) in [5, 5.41) is 9.37. The number of aromatic nitrogens is 5. The van der Waals surface area contributed by atoms with Crippen molar-refractivity contribution in [2.75, 3.05) is 11.9 Å². The minimum absolute atomic E-state index is 0.838. The van der Waals surface area contributed by atoms with E-state index in [9.17, 15) is 0 Å². The molecule has 28 heavy (non-hydrogen) atoms. The van der Waals surface area contributed by atoms with E-state index in [-0.39, 0.29) is 0 Å². The third-order valence-corrected chi connectivity index (χ3v) is 4.82. The minimum atomic E-state index is 0.838. The van der Waals surface area contributed by atoms with Gasteiger partial charge in [-0.3, -0.25) is 0 Å². The Balaban J connectivity index is 1.47. The molecule has 0 aliphatic carbocycles. The molecule has 2 aromatic carbocycles. The lowest BCUT2D eigenvalue weighted by atomic mass is 10.2. The number of hydrogen-bond donors (Lipinski definition) is 1. The summed E-state index contributed by atoms with van der Waals surface area (Å²) < 4.78 is 4.01. The fourth-order valence-corrected chi connectivity index (χ4v) is 3.43. The topological polar surface area (TPSA) is 60.0 Å². The van der Waals surface area contributed by atoms with Crippen LogP contribution >= 0.6 is 0 Å². The molecule has 0 aliphatic heterocycles. The fourth-order valence-electron chi connectivity index (χ4n) is 3.43. The Morgan fingerprint density at radius 3 is 2.68 bits per heavy atom. The molecular formula is C22H20N6. The number of hydrogen-bond acceptors (Lipinski definition) is 4. The van der Waals surface area contributed by atoms with Crippen molar-refractivity contribution in [1.29, 1.82) is 0 Å². The molecule has 0 amide bonds. The van der Waals surface area contributed by atoms with Crippen LogP contribution in [-0.4, -0.2) is 30.7 Å². The van der Waals surface area contributed by atoms with Crippen molar-refractivity contribution >= 4 is 22.4 Å². The SMILES string of the molecule is c1ccc(-c2cc3nc(NCCCn4ccnc4)c4ccccc4n3n2)cc1. The number of benzene rings is 2. The van der Waals surface area contributed by atoms with Crippen molar-refractivity contribution in [2.24, 2.45) is 0 Å². The van der Waals surface area contributed by atoms with Gasteiger partial charge in [0.2, 0.25) is 0 Å². The highest BCUT2D eigenvalue weighted by Crippen LogP contribution is 2.26. The van der Waals surface area contributed by atoms with Crippen LogP contribution in [0.2, 0.25) is 0 Å². The van der Waals surface area contributed by atoms with Gasteiger partial charge in [0.15, 0.2) is 5.65 Å². The van der Waals surface area contributed by atoms with E-state index in [1.165, 1.54) is 0 Å². The summed E-state index contributed by atoms with van der Waals surface area (Å²) in [6.45, 7) is 1.77. The van der Waals surface area contributed by atoms with E-state index in [0.717, 1.165) is 53.1 Å². The highest BCUT2D eigenvalue weighted by molar-refractivity contribution is 5.91. The number of anilines is 1. The lowest BCUT2D eigenvalue weighted by Gasteiger charge is -2.10. The van der Waals surface area contributed by atoms with Crippen LogP contribution in [0.1, 0.15) is 6.42 Å². The Bertz CT molecular complexity index is 1210. The molecule has 0 atom stereocenters. The molecule has 0 bridgehead atoms. The number of nitrogens with zero attached hydrogens (tertiary/aromatic N) is 5. The third-order valence-electron chi connectivity index (χ3n) is 4.82. The predicted molar refractivity (Wildman–Crippen MR) is 111 cm³/mol. The van der Waals surface area contributed by atoms with Gasteiger partial charge in [-0.15, -0.1) is 0 Å². The van der Waals surface area contributed by atoms with E-state index < -0.39 is 0 Å². The zero-order valence-electron chi connectivity index (χ0n) is 15.4. The lowest BCUT2D eigenvalue weighted by Crippen LogP contribution is -2.08. The van der Waals surface area contributed by atoms with Crippen LogP contribution in [0.4, 0.5) is 5.82 Å². The van der Waals surface area contributed by atoms with E-state index in [1.807, 2.05) is 53.4 Å². The predicted octanol–water partition coefficient (Wildman–Crippen LogP) is 4.25. The second kappa shape index (κ2) is 7.15. The second-order valence-corrected chi connectivity index (χ2v) is 6.72. The average molecular weight is 368 g/mol. The van der Waals surface area contributed by atoms with Gasteiger partial charge in [-0.25, -0.2) is 14.5 Å². The van der Waals surface area contributed by atoms with Crippen LogP contribution in [0.5, 0.6) is 0 Å². The Morgan fingerprint density at radius 1 is 0.964 bits per heavy atom. The molecule has 0 spiro atoms. The summed E-state index contributed by atoms with van der Waals surface area (Å²) in [5.41, 5.74) is 3.91. The molecule has 6 nitrogen and oxygen atoms in total. The molecule has 138 valence electrons. The normalized spacial score (nSPS) is 11.3. The van der Waals surface area contributed by atoms with E-state index in [4.69, 9.17) is 10.1 Å². The Labute approximate surface area is 162 Å². The van der Waals surface area contributed by atoms with Crippen molar-refractivity contribution in [3.63, 3.8) is 0 Å². The molecule has 0 saturated heterocycles. The fraction of sp³-hybridized carbons (Fsp3) is 0.136. The Morgan fingerprint density at radius 2 is 1.82 bits per heavy atom. The van der Waals surface area contributed by atoms with Crippen LogP contribution in [0, 0.1) is 0 Å². The first-order chi connectivity index (χ1) is 13.9. The molecule has 6 heteroatoms. The summed E-state index contributed by atoms with van der Waals surface area (Å²) >= 11 is 0. The van der Waals surface area contributed by atoms with Crippen LogP contribution in [0.3, 0.4) is 0 Å². The molecule has 0 fully saturated rings. The van der Waals surface area contributed by atoms with Crippen molar-refractivity contribution in [3.05, 3.63) is 79.4 Å². The third kappa shape index (κ3) is 3.09. The number of nitrogens with one attached hydrogen (secondary N) is 1. The van der Waals surface area contributed by atoms with Gasteiger partial charge in [-0.2, -0.15) is 5.10 Å². The van der Waals surface area contributed by atoms with Crippen LogP contribution < -0.4 is 5.32 Å². The zero-order chi connectivity index (χ0) is 18.8. The summed E-state index contributed by atoms with van der Waals surface area (Å²) in [5.74, 6) is 0.897. The highest BCUT2D eigenvalue weighted by Gasteiger charge is 2.11. The van der Waals surface area contributed by atoms with Crippen LogP contribution in [0.15, 0.2) is 79.4 Å². The average Bonchev–Trinajstić information content (AvgIpc) is 3.42. The smallest absolute Gasteiger partial charge is 0.158 e. The molecule has 0 aliphatic rings. The molecule has 5 rings (SSSR count). The highest BCUT2D eigenvalue weighted by atomic mass is 15.3. The van der Waals surface area contributed by atoms with Crippen LogP contribution in [0.25, 0.3) is 27.8 Å². The molecule has 1 N–H and O–H groups in total. The number of aryl methyl sites for hydroxylation is 1. The molecule has 3 aromatic heterocycles. The monoisotopic (exact) mass is 368 g/mol. The zero-order valence-corrected chi connectivity index (χ0v) is 15.4.